The van der Waals surface area contributed by atoms with Crippen LogP contribution in [0.25, 0.3) is 0 Å². The van der Waals surface area contributed by atoms with Gasteiger partial charge in [0.05, 0.1) is 20.4 Å². The number of piperazine rings is 1. The van der Waals surface area contributed by atoms with E-state index in [2.05, 4.69) is 27.0 Å². The summed E-state index contributed by atoms with van der Waals surface area (Å²) in [5.74, 6) is 0.890. The molecule has 0 radical (unpaired) electrons. The fraction of sp³-hybridized carbons (Fsp3) is 0.529. The average molecular weight is 363 g/mol. The summed E-state index contributed by atoms with van der Waals surface area (Å²) in [6, 6.07) is 8.24. The Labute approximate surface area is 153 Å². The molecule has 1 aliphatic rings. The van der Waals surface area contributed by atoms with Crippen LogP contribution in [0.2, 0.25) is 0 Å². The molecule has 0 atom stereocenters. The first-order chi connectivity index (χ1) is 12.2. The summed E-state index contributed by atoms with van der Waals surface area (Å²) in [5, 5.41) is 4.41. The number of benzene rings is 1. The molecule has 0 unspecified atom stereocenters. The normalized spacial score (nSPS) is 15.5. The Morgan fingerprint density at radius 2 is 1.80 bits per heavy atom. The monoisotopic (exact) mass is 363 g/mol. The summed E-state index contributed by atoms with van der Waals surface area (Å²) < 4.78 is 14.9. The molecular formula is C17H25N5O2S. The molecular weight excluding hydrogens is 338 g/mol. The molecule has 1 saturated heterocycles. The van der Waals surface area contributed by atoms with Gasteiger partial charge in [0, 0.05) is 45.5 Å². The van der Waals surface area contributed by atoms with Crippen LogP contribution in [0.1, 0.15) is 0 Å². The number of ether oxygens (including phenoxy) is 2. The minimum Gasteiger partial charge on any atom is -0.497 e. The van der Waals surface area contributed by atoms with Crippen molar-refractivity contribution < 1.29 is 9.47 Å². The van der Waals surface area contributed by atoms with E-state index in [0.717, 1.165) is 49.9 Å². The minimum absolute atomic E-state index is 0.639. The van der Waals surface area contributed by atoms with Gasteiger partial charge in [0.15, 0.2) is 4.77 Å². The van der Waals surface area contributed by atoms with Crippen LogP contribution in [0.15, 0.2) is 30.6 Å². The van der Waals surface area contributed by atoms with Gasteiger partial charge >= 0.3 is 0 Å². The number of rotatable bonds is 7. The van der Waals surface area contributed by atoms with E-state index in [1.165, 1.54) is 5.69 Å². The number of aromatic nitrogens is 3. The third kappa shape index (κ3) is 4.39. The van der Waals surface area contributed by atoms with Crippen LogP contribution in [-0.4, -0.2) is 66.3 Å². The van der Waals surface area contributed by atoms with E-state index in [9.17, 15) is 0 Å². The molecule has 3 rings (SSSR count). The van der Waals surface area contributed by atoms with Crippen molar-refractivity contribution in [3.63, 3.8) is 0 Å². The Balaban J connectivity index is 1.54. The molecule has 136 valence electrons. The number of methoxy groups -OCH3 is 2. The number of hydrogen-bond donors (Lipinski definition) is 0. The second kappa shape index (κ2) is 8.46. The second-order valence-corrected chi connectivity index (χ2v) is 6.41. The number of nitrogens with zero attached hydrogens (tertiary/aromatic N) is 5. The molecule has 1 fully saturated rings. The van der Waals surface area contributed by atoms with Crippen molar-refractivity contribution in [3.8, 4) is 5.75 Å². The largest absolute Gasteiger partial charge is 0.497 e. The molecule has 8 heteroatoms. The van der Waals surface area contributed by atoms with E-state index in [1.807, 2.05) is 21.4 Å². The summed E-state index contributed by atoms with van der Waals surface area (Å²) >= 11 is 5.49. The Morgan fingerprint density at radius 1 is 1.08 bits per heavy atom. The van der Waals surface area contributed by atoms with Gasteiger partial charge in [-0.05, 0) is 36.5 Å². The van der Waals surface area contributed by atoms with E-state index in [4.69, 9.17) is 21.7 Å². The summed E-state index contributed by atoms with van der Waals surface area (Å²) in [6.07, 6.45) is 1.79. The highest BCUT2D eigenvalue weighted by Gasteiger charge is 2.18. The molecule has 1 aliphatic heterocycles. The first-order valence-corrected chi connectivity index (χ1v) is 8.84. The van der Waals surface area contributed by atoms with Gasteiger partial charge in [0.25, 0.3) is 0 Å². The smallest absolute Gasteiger partial charge is 0.198 e. The summed E-state index contributed by atoms with van der Waals surface area (Å²) in [5.41, 5.74) is 1.24. The highest BCUT2D eigenvalue weighted by atomic mass is 32.1. The standard InChI is InChI=1S/C17H25N5O2S/c1-23-12-11-21-13-18-22(17(21)25)14-19-7-9-20(10-8-19)15-3-5-16(24-2)6-4-15/h3-6,13H,7-12,14H2,1-2H3. The first-order valence-electron chi connectivity index (χ1n) is 8.44. The van der Waals surface area contributed by atoms with Crippen LogP contribution in [-0.2, 0) is 18.0 Å². The topological polar surface area (TPSA) is 47.7 Å². The highest BCUT2D eigenvalue weighted by Crippen LogP contribution is 2.20. The van der Waals surface area contributed by atoms with Crippen molar-refractivity contribution in [2.24, 2.45) is 0 Å². The van der Waals surface area contributed by atoms with E-state index in [-0.39, 0.29) is 0 Å². The Kier molecular flexibility index (Phi) is 6.06. The second-order valence-electron chi connectivity index (χ2n) is 6.04. The summed E-state index contributed by atoms with van der Waals surface area (Å²) in [6.45, 7) is 6.06. The fourth-order valence-electron chi connectivity index (χ4n) is 2.94. The lowest BCUT2D eigenvalue weighted by Gasteiger charge is -2.35. The summed E-state index contributed by atoms with van der Waals surface area (Å²) in [7, 11) is 3.38. The zero-order valence-corrected chi connectivity index (χ0v) is 15.6. The first kappa shape index (κ1) is 17.9. The third-order valence-corrected chi connectivity index (χ3v) is 4.92. The molecule has 0 aliphatic carbocycles. The molecule has 0 amide bonds. The van der Waals surface area contributed by atoms with Crippen LogP contribution in [0.3, 0.4) is 0 Å². The maximum absolute atomic E-state index is 5.49. The van der Waals surface area contributed by atoms with Crippen molar-refractivity contribution >= 4 is 17.9 Å². The van der Waals surface area contributed by atoms with Gasteiger partial charge in [-0.15, -0.1) is 0 Å². The quantitative estimate of drug-likeness (QED) is 0.700. The molecule has 0 spiro atoms. The van der Waals surface area contributed by atoms with Crippen molar-refractivity contribution in [2.45, 2.75) is 13.2 Å². The van der Waals surface area contributed by atoms with Gasteiger partial charge in [0.2, 0.25) is 0 Å². The van der Waals surface area contributed by atoms with E-state index in [0.29, 0.717) is 6.61 Å². The molecule has 7 nitrogen and oxygen atoms in total. The Bertz CT molecular complexity index is 719. The van der Waals surface area contributed by atoms with Gasteiger partial charge in [-0.25, -0.2) is 4.68 Å². The number of hydrogen-bond acceptors (Lipinski definition) is 6. The molecule has 0 N–H and O–H groups in total. The van der Waals surface area contributed by atoms with Crippen molar-refractivity contribution in [2.75, 3.05) is 51.9 Å². The summed E-state index contributed by atoms with van der Waals surface area (Å²) in [4.78, 5) is 4.77. The molecule has 1 aromatic carbocycles. The molecule has 25 heavy (non-hydrogen) atoms. The Morgan fingerprint density at radius 3 is 2.44 bits per heavy atom. The minimum atomic E-state index is 0.639. The van der Waals surface area contributed by atoms with Gasteiger partial charge in [-0.3, -0.25) is 4.90 Å². The maximum atomic E-state index is 5.49. The lowest BCUT2D eigenvalue weighted by molar-refractivity contribution is 0.183. The van der Waals surface area contributed by atoms with Crippen LogP contribution < -0.4 is 9.64 Å². The van der Waals surface area contributed by atoms with Gasteiger partial charge < -0.3 is 18.9 Å². The lowest BCUT2D eigenvalue weighted by atomic mass is 10.2. The molecule has 2 heterocycles. The molecule has 2 aromatic rings. The average Bonchev–Trinajstić information content (AvgIpc) is 3.00. The molecule has 0 bridgehead atoms. The predicted molar refractivity (Wildman–Crippen MR) is 99.7 cm³/mol. The van der Waals surface area contributed by atoms with E-state index >= 15 is 0 Å². The zero-order valence-electron chi connectivity index (χ0n) is 14.8. The number of anilines is 1. The van der Waals surface area contributed by atoms with Gasteiger partial charge in [0.1, 0.15) is 12.1 Å². The van der Waals surface area contributed by atoms with Crippen LogP contribution in [0.4, 0.5) is 5.69 Å². The lowest BCUT2D eigenvalue weighted by Crippen LogP contribution is -2.47. The van der Waals surface area contributed by atoms with Gasteiger partial charge in [-0.1, -0.05) is 0 Å². The molecule has 1 aromatic heterocycles. The van der Waals surface area contributed by atoms with Gasteiger partial charge in [-0.2, -0.15) is 5.10 Å². The van der Waals surface area contributed by atoms with Crippen LogP contribution in [0.5, 0.6) is 5.75 Å². The van der Waals surface area contributed by atoms with E-state index < -0.39 is 0 Å². The molecule has 0 saturated carbocycles. The van der Waals surface area contributed by atoms with Crippen molar-refractivity contribution in [1.82, 2.24) is 19.2 Å². The van der Waals surface area contributed by atoms with Crippen molar-refractivity contribution in [1.29, 1.82) is 0 Å². The Hall–Kier alpha value is -1.90. The van der Waals surface area contributed by atoms with Crippen molar-refractivity contribution in [3.05, 3.63) is 35.4 Å². The zero-order chi connectivity index (χ0) is 17.6. The fourth-order valence-corrected chi connectivity index (χ4v) is 3.19. The van der Waals surface area contributed by atoms with Crippen LogP contribution >= 0.6 is 12.2 Å². The maximum Gasteiger partial charge on any atom is 0.198 e. The predicted octanol–water partition coefficient (Wildman–Crippen LogP) is 1.85. The van der Waals surface area contributed by atoms with E-state index in [1.54, 1.807) is 20.5 Å². The highest BCUT2D eigenvalue weighted by molar-refractivity contribution is 7.71. The van der Waals surface area contributed by atoms with Crippen LogP contribution in [0, 0.1) is 4.77 Å². The SMILES string of the molecule is COCCn1cnn(CN2CCN(c3ccc(OC)cc3)CC2)c1=S. The third-order valence-electron chi connectivity index (χ3n) is 4.48.